The molecule has 30 heavy (non-hydrogen) atoms. The number of amides is 1. The van der Waals surface area contributed by atoms with Gasteiger partial charge in [0.25, 0.3) is 5.91 Å². The van der Waals surface area contributed by atoms with Gasteiger partial charge in [0.05, 0.1) is 12.0 Å². The van der Waals surface area contributed by atoms with Crippen LogP contribution >= 0.6 is 11.3 Å². The largest absolute Gasteiger partial charge is 0.467 e. The Hall–Kier alpha value is -3.45. The summed E-state index contributed by atoms with van der Waals surface area (Å²) >= 11 is 1.54. The first-order chi connectivity index (χ1) is 14.6. The molecule has 1 amide bonds. The van der Waals surface area contributed by atoms with Gasteiger partial charge in [-0.05, 0) is 53.1 Å². The zero-order chi connectivity index (χ0) is 20.9. The quantitative estimate of drug-likeness (QED) is 0.432. The van der Waals surface area contributed by atoms with Crippen LogP contribution in [-0.2, 0) is 14.3 Å². The number of hydrazone groups is 1. The maximum atomic E-state index is 12.8. The number of rotatable bonds is 6. The molecule has 1 aliphatic rings. The molecule has 0 bridgehead atoms. The van der Waals surface area contributed by atoms with Crippen molar-refractivity contribution in [2.45, 2.75) is 19.4 Å². The third-order valence-corrected chi connectivity index (χ3v) is 5.42. The van der Waals surface area contributed by atoms with E-state index < -0.39 is 18.5 Å². The van der Waals surface area contributed by atoms with Crippen molar-refractivity contribution in [2.75, 3.05) is 6.61 Å². The SMILES string of the molecule is Cc1ccc(C2=NN(C(=O)COC(=O)/C=C/c3ccsc3)C(c3ccco3)C2)cc1. The van der Waals surface area contributed by atoms with Crippen molar-refractivity contribution in [3.8, 4) is 0 Å². The number of carbonyl (C=O) groups excluding carboxylic acids is 2. The van der Waals surface area contributed by atoms with E-state index in [1.807, 2.05) is 54.1 Å². The van der Waals surface area contributed by atoms with E-state index in [0.717, 1.165) is 22.4 Å². The number of ether oxygens (including phenoxy) is 1. The summed E-state index contributed by atoms with van der Waals surface area (Å²) in [7, 11) is 0. The first kappa shape index (κ1) is 19.8. The van der Waals surface area contributed by atoms with Crippen LogP contribution in [0.25, 0.3) is 6.08 Å². The highest BCUT2D eigenvalue weighted by atomic mass is 32.1. The lowest BCUT2D eigenvalue weighted by atomic mass is 10.0. The lowest BCUT2D eigenvalue weighted by Gasteiger charge is -2.19. The number of thiophene rings is 1. The number of nitrogens with zero attached hydrogens (tertiary/aromatic N) is 2. The third-order valence-electron chi connectivity index (χ3n) is 4.72. The van der Waals surface area contributed by atoms with E-state index in [1.165, 1.54) is 22.4 Å². The van der Waals surface area contributed by atoms with Gasteiger partial charge in [-0.15, -0.1) is 0 Å². The van der Waals surface area contributed by atoms with Crippen LogP contribution in [0.4, 0.5) is 0 Å². The van der Waals surface area contributed by atoms with Gasteiger partial charge < -0.3 is 9.15 Å². The van der Waals surface area contributed by atoms with Gasteiger partial charge in [0, 0.05) is 12.5 Å². The molecule has 6 nitrogen and oxygen atoms in total. The minimum absolute atomic E-state index is 0.371. The Labute approximate surface area is 178 Å². The van der Waals surface area contributed by atoms with Crippen LogP contribution in [0, 0.1) is 6.92 Å². The number of furan rings is 1. The Bertz CT molecular complexity index is 1070. The number of hydrogen-bond acceptors (Lipinski definition) is 6. The van der Waals surface area contributed by atoms with Gasteiger partial charge in [-0.3, -0.25) is 4.79 Å². The molecule has 0 spiro atoms. The second-order valence-corrected chi connectivity index (χ2v) is 7.66. The van der Waals surface area contributed by atoms with Crippen LogP contribution in [0.15, 0.2) is 75.1 Å². The Morgan fingerprint density at radius 2 is 2.10 bits per heavy atom. The van der Waals surface area contributed by atoms with Gasteiger partial charge in [0.15, 0.2) is 6.61 Å². The van der Waals surface area contributed by atoms with Crippen molar-refractivity contribution < 1.29 is 18.7 Å². The average molecular weight is 420 g/mol. The van der Waals surface area contributed by atoms with Gasteiger partial charge in [-0.1, -0.05) is 29.8 Å². The molecule has 3 aromatic rings. The summed E-state index contributed by atoms with van der Waals surface area (Å²) in [6.07, 6.45) is 5.05. The van der Waals surface area contributed by atoms with Crippen LogP contribution in [0.2, 0.25) is 0 Å². The Morgan fingerprint density at radius 3 is 2.80 bits per heavy atom. The van der Waals surface area contributed by atoms with Crippen LogP contribution in [0.3, 0.4) is 0 Å². The predicted molar refractivity (Wildman–Crippen MR) is 115 cm³/mol. The first-order valence-electron chi connectivity index (χ1n) is 9.47. The summed E-state index contributed by atoms with van der Waals surface area (Å²) in [6, 6.07) is 13.1. The highest BCUT2D eigenvalue weighted by Gasteiger charge is 2.35. The molecule has 0 saturated heterocycles. The molecule has 0 N–H and O–H groups in total. The molecule has 1 aromatic carbocycles. The molecule has 0 saturated carbocycles. The molecule has 152 valence electrons. The molecular weight excluding hydrogens is 400 g/mol. The second kappa shape index (κ2) is 8.92. The van der Waals surface area contributed by atoms with Crippen molar-refractivity contribution in [1.82, 2.24) is 5.01 Å². The fourth-order valence-corrected chi connectivity index (χ4v) is 3.77. The van der Waals surface area contributed by atoms with Crippen LogP contribution in [-0.4, -0.2) is 29.2 Å². The van der Waals surface area contributed by atoms with Gasteiger partial charge in [-0.2, -0.15) is 16.4 Å². The zero-order valence-electron chi connectivity index (χ0n) is 16.4. The Kier molecular flexibility index (Phi) is 5.90. The van der Waals surface area contributed by atoms with E-state index >= 15 is 0 Å². The minimum atomic E-state index is -0.578. The summed E-state index contributed by atoms with van der Waals surface area (Å²) in [6.45, 7) is 1.62. The maximum Gasteiger partial charge on any atom is 0.331 e. The summed E-state index contributed by atoms with van der Waals surface area (Å²) < 4.78 is 10.6. The molecule has 1 atom stereocenters. The highest BCUT2D eigenvalue weighted by Crippen LogP contribution is 2.33. The van der Waals surface area contributed by atoms with Gasteiger partial charge >= 0.3 is 5.97 Å². The van der Waals surface area contributed by atoms with Crippen molar-refractivity contribution >= 4 is 35.0 Å². The number of hydrogen-bond donors (Lipinski definition) is 0. The zero-order valence-corrected chi connectivity index (χ0v) is 17.2. The lowest BCUT2D eigenvalue weighted by Crippen LogP contribution is -2.31. The van der Waals surface area contributed by atoms with Gasteiger partial charge in [-0.25, -0.2) is 9.80 Å². The van der Waals surface area contributed by atoms with Crippen LogP contribution in [0.5, 0.6) is 0 Å². The molecule has 7 heteroatoms. The van der Waals surface area contributed by atoms with E-state index in [1.54, 1.807) is 18.4 Å². The van der Waals surface area contributed by atoms with E-state index in [2.05, 4.69) is 5.10 Å². The smallest absolute Gasteiger partial charge is 0.331 e. The monoisotopic (exact) mass is 420 g/mol. The lowest BCUT2D eigenvalue weighted by molar-refractivity contribution is -0.149. The third kappa shape index (κ3) is 4.58. The number of benzene rings is 1. The second-order valence-electron chi connectivity index (χ2n) is 6.88. The fourth-order valence-electron chi connectivity index (χ4n) is 3.14. The molecule has 0 aliphatic carbocycles. The maximum absolute atomic E-state index is 12.8. The molecule has 0 radical (unpaired) electrons. The molecule has 3 heterocycles. The molecular formula is C23H20N2O4S. The summed E-state index contributed by atoms with van der Waals surface area (Å²) in [5.41, 5.74) is 3.79. The molecule has 1 unspecified atom stereocenters. The van der Waals surface area contributed by atoms with Crippen LogP contribution < -0.4 is 0 Å². The van der Waals surface area contributed by atoms with Gasteiger partial charge in [0.1, 0.15) is 11.8 Å². The summed E-state index contributed by atoms with van der Waals surface area (Å²) in [5, 5.41) is 9.70. The first-order valence-corrected chi connectivity index (χ1v) is 10.4. The number of aryl methyl sites for hydroxylation is 1. The molecule has 0 fully saturated rings. The molecule has 2 aromatic heterocycles. The van der Waals surface area contributed by atoms with Crippen molar-refractivity contribution in [3.63, 3.8) is 0 Å². The normalized spacial score (nSPS) is 16.1. The van der Waals surface area contributed by atoms with E-state index in [-0.39, 0.29) is 6.04 Å². The topological polar surface area (TPSA) is 72.1 Å². The fraction of sp³-hybridized carbons (Fsp3) is 0.174. The average Bonchev–Trinajstić information content (AvgIpc) is 3.52. The number of carbonyl (C=O) groups is 2. The molecule has 4 rings (SSSR count). The van der Waals surface area contributed by atoms with Crippen molar-refractivity contribution in [2.24, 2.45) is 5.10 Å². The van der Waals surface area contributed by atoms with E-state index in [4.69, 9.17) is 9.15 Å². The summed E-state index contributed by atoms with van der Waals surface area (Å²) in [5.74, 6) is -0.347. The number of esters is 1. The van der Waals surface area contributed by atoms with Gasteiger partial charge in [0.2, 0.25) is 0 Å². The van der Waals surface area contributed by atoms with E-state index in [9.17, 15) is 9.59 Å². The predicted octanol–water partition coefficient (Wildman–Crippen LogP) is 4.58. The van der Waals surface area contributed by atoms with Crippen molar-refractivity contribution in [1.29, 1.82) is 0 Å². The van der Waals surface area contributed by atoms with E-state index in [0.29, 0.717) is 12.2 Å². The molecule has 1 aliphatic heterocycles. The standard InChI is InChI=1S/C23H20N2O4S/c1-16-4-7-18(8-5-16)19-13-20(21-3-2-11-28-21)25(24-19)22(26)14-29-23(27)9-6-17-10-12-30-15-17/h2-12,15,20H,13-14H2,1H3/b9-6+. The highest BCUT2D eigenvalue weighted by molar-refractivity contribution is 7.08. The Morgan fingerprint density at radius 1 is 1.27 bits per heavy atom. The van der Waals surface area contributed by atoms with Crippen LogP contribution in [0.1, 0.15) is 34.9 Å². The Balaban J connectivity index is 1.46. The minimum Gasteiger partial charge on any atom is -0.467 e. The van der Waals surface area contributed by atoms with Crippen molar-refractivity contribution in [3.05, 3.63) is 88.0 Å². The summed E-state index contributed by atoms with van der Waals surface area (Å²) in [4.78, 5) is 24.8.